The van der Waals surface area contributed by atoms with Gasteiger partial charge < -0.3 is 34.5 Å². The Balaban J connectivity index is 1.50. The van der Waals surface area contributed by atoms with Crippen molar-refractivity contribution in [1.82, 2.24) is 14.9 Å². The lowest BCUT2D eigenvalue weighted by Crippen LogP contribution is -2.36. The third-order valence-corrected chi connectivity index (χ3v) is 5.46. The molecule has 14 heteroatoms. The Kier molecular flexibility index (Phi) is 11.8. The van der Waals surface area contributed by atoms with Crippen LogP contribution in [0, 0.1) is 11.6 Å². The molecule has 0 aliphatic carbocycles. The number of aromatic nitrogens is 2. The molecule has 3 N–H and O–H groups in total. The fourth-order valence-corrected chi connectivity index (χ4v) is 3.52. The number of benzene rings is 2. The summed E-state index contributed by atoms with van der Waals surface area (Å²) >= 11 is 0. The van der Waals surface area contributed by atoms with Crippen molar-refractivity contribution in [3.8, 4) is 5.75 Å². The van der Waals surface area contributed by atoms with Crippen LogP contribution in [0.15, 0.2) is 48.7 Å². The predicted molar refractivity (Wildman–Crippen MR) is 166 cm³/mol. The molecular formula is C31H40F2N6O6. The first-order valence-electron chi connectivity index (χ1n) is 14.2. The first kappa shape index (κ1) is 34.8. The summed E-state index contributed by atoms with van der Waals surface area (Å²) in [5.74, 6) is -1.48. The maximum atomic E-state index is 14.7. The van der Waals surface area contributed by atoms with E-state index in [-0.39, 0.29) is 37.3 Å². The van der Waals surface area contributed by atoms with Gasteiger partial charge in [-0.3, -0.25) is 5.32 Å². The smallest absolute Gasteiger partial charge is 0.412 e. The highest BCUT2D eigenvalue weighted by atomic mass is 19.1. The predicted octanol–water partition coefficient (Wildman–Crippen LogP) is 6.85. The molecule has 2 aromatic carbocycles. The zero-order valence-electron chi connectivity index (χ0n) is 26.5. The summed E-state index contributed by atoms with van der Waals surface area (Å²) in [6, 6.07) is 10.7. The molecule has 0 atom stereocenters. The maximum absolute atomic E-state index is 14.7. The van der Waals surface area contributed by atoms with Gasteiger partial charge in [0.1, 0.15) is 17.8 Å². The fraction of sp³-hybridized carbons (Fsp3) is 0.419. The van der Waals surface area contributed by atoms with E-state index in [0.717, 1.165) is 6.20 Å². The average Bonchev–Trinajstić information content (AvgIpc) is 2.91. The number of ether oxygens (including phenoxy) is 4. The molecule has 0 aliphatic rings. The average molecular weight is 631 g/mol. The molecule has 3 aromatic rings. The molecule has 0 spiro atoms. The number of nitrogens with zero attached hydrogens (tertiary/aromatic N) is 3. The van der Waals surface area contributed by atoms with Gasteiger partial charge in [0.25, 0.3) is 0 Å². The zero-order valence-corrected chi connectivity index (χ0v) is 26.5. The second-order valence-electron chi connectivity index (χ2n) is 11.9. The Morgan fingerprint density at radius 3 is 2.22 bits per heavy atom. The van der Waals surface area contributed by atoms with Crippen LogP contribution in [0.3, 0.4) is 0 Å². The third-order valence-electron chi connectivity index (χ3n) is 5.46. The summed E-state index contributed by atoms with van der Waals surface area (Å²) in [4.78, 5) is 33.5. The van der Waals surface area contributed by atoms with Crippen LogP contribution in [0.4, 0.5) is 47.2 Å². The normalized spacial score (nSPS) is 11.4. The number of likely N-dealkylation sites (N-methyl/N-ethyl adjacent to an activating group) is 1. The lowest BCUT2D eigenvalue weighted by atomic mass is 10.2. The SMILES string of the molecule is CN(CCOCCOc1ccc(Nc2ncc(F)c(Nc3cccc(NC(=O)OC(C)(C)C)c3)n2)cc1F)C(=O)OC(C)(C)C. The zero-order chi connectivity index (χ0) is 33.2. The second-order valence-corrected chi connectivity index (χ2v) is 11.9. The van der Waals surface area contributed by atoms with E-state index in [1.807, 2.05) is 0 Å². The van der Waals surface area contributed by atoms with E-state index in [2.05, 4.69) is 25.9 Å². The molecule has 0 aliphatic heterocycles. The minimum atomic E-state index is -0.723. The minimum Gasteiger partial charge on any atom is -0.488 e. The highest BCUT2D eigenvalue weighted by Crippen LogP contribution is 2.25. The van der Waals surface area contributed by atoms with Crippen molar-refractivity contribution in [3.63, 3.8) is 0 Å². The van der Waals surface area contributed by atoms with Gasteiger partial charge in [0.05, 0.1) is 19.4 Å². The van der Waals surface area contributed by atoms with E-state index >= 15 is 0 Å². The molecule has 2 amide bonds. The van der Waals surface area contributed by atoms with Crippen molar-refractivity contribution < 1.29 is 37.3 Å². The van der Waals surface area contributed by atoms with E-state index in [4.69, 9.17) is 18.9 Å². The number of hydrogen-bond acceptors (Lipinski definition) is 10. The second kappa shape index (κ2) is 15.3. The van der Waals surface area contributed by atoms with Crippen LogP contribution in [0.5, 0.6) is 5.75 Å². The Hall–Kier alpha value is -4.72. The van der Waals surface area contributed by atoms with Crippen LogP contribution in [-0.2, 0) is 14.2 Å². The molecule has 0 unspecified atom stereocenters. The summed E-state index contributed by atoms with van der Waals surface area (Å²) in [7, 11) is 1.61. The van der Waals surface area contributed by atoms with E-state index in [9.17, 15) is 18.4 Å². The lowest BCUT2D eigenvalue weighted by molar-refractivity contribution is 0.0215. The van der Waals surface area contributed by atoms with Crippen LogP contribution >= 0.6 is 0 Å². The van der Waals surface area contributed by atoms with E-state index in [1.165, 1.54) is 17.0 Å². The van der Waals surface area contributed by atoms with E-state index in [1.54, 1.807) is 78.9 Å². The standard InChI is InChI=1S/C31H40F2N6O6/c1-30(2,3)44-28(40)37-21-10-8-9-20(17-21)35-26-24(33)19-34-27(38-26)36-22-11-12-25(23(32)18-22)43-16-15-42-14-13-39(7)29(41)45-31(4,5)6/h8-12,17-19H,13-16H2,1-7H3,(H,37,40)(H2,34,35,36,38). The first-order valence-corrected chi connectivity index (χ1v) is 14.2. The van der Waals surface area contributed by atoms with E-state index in [0.29, 0.717) is 23.6 Å². The van der Waals surface area contributed by atoms with E-state index < -0.39 is 35.0 Å². The Labute approximate surface area is 261 Å². The number of carbonyl (C=O) groups is 2. The van der Waals surface area contributed by atoms with Crippen molar-refractivity contribution in [2.24, 2.45) is 0 Å². The van der Waals surface area contributed by atoms with Gasteiger partial charge in [0.2, 0.25) is 5.95 Å². The molecule has 0 saturated heterocycles. The minimum absolute atomic E-state index is 0.0114. The highest BCUT2D eigenvalue weighted by Gasteiger charge is 2.19. The third kappa shape index (κ3) is 12.4. The molecule has 45 heavy (non-hydrogen) atoms. The fourth-order valence-electron chi connectivity index (χ4n) is 3.52. The number of nitrogens with one attached hydrogen (secondary N) is 3. The van der Waals surface area contributed by atoms with Crippen LogP contribution in [0.1, 0.15) is 41.5 Å². The maximum Gasteiger partial charge on any atom is 0.412 e. The number of amides is 2. The van der Waals surface area contributed by atoms with Crippen molar-refractivity contribution in [3.05, 3.63) is 60.3 Å². The first-order chi connectivity index (χ1) is 21.1. The molecule has 12 nitrogen and oxygen atoms in total. The Morgan fingerprint density at radius 1 is 0.844 bits per heavy atom. The molecule has 1 aromatic heterocycles. The summed E-state index contributed by atoms with van der Waals surface area (Å²) in [6.07, 6.45) is -0.104. The van der Waals surface area contributed by atoms with Crippen molar-refractivity contribution in [2.45, 2.75) is 52.7 Å². The topological polar surface area (TPSA) is 136 Å². The van der Waals surface area contributed by atoms with Crippen LogP contribution in [0.2, 0.25) is 0 Å². The lowest BCUT2D eigenvalue weighted by Gasteiger charge is -2.24. The Morgan fingerprint density at radius 2 is 1.53 bits per heavy atom. The number of carbonyl (C=O) groups excluding carboxylic acids is 2. The molecular weight excluding hydrogens is 590 g/mol. The summed E-state index contributed by atoms with van der Waals surface area (Å²) < 4.78 is 50.7. The Bertz CT molecular complexity index is 1460. The molecule has 3 rings (SSSR count). The van der Waals surface area contributed by atoms with Crippen molar-refractivity contribution in [2.75, 3.05) is 49.4 Å². The van der Waals surface area contributed by atoms with Gasteiger partial charge in [-0.1, -0.05) is 6.07 Å². The highest BCUT2D eigenvalue weighted by molar-refractivity contribution is 5.85. The number of hydrogen-bond donors (Lipinski definition) is 3. The number of halogens is 2. The number of anilines is 5. The van der Waals surface area contributed by atoms with Gasteiger partial charge in [-0.2, -0.15) is 4.98 Å². The largest absolute Gasteiger partial charge is 0.488 e. The molecule has 1 heterocycles. The van der Waals surface area contributed by atoms with Gasteiger partial charge in [0.15, 0.2) is 23.2 Å². The quantitative estimate of drug-likeness (QED) is 0.182. The van der Waals surface area contributed by atoms with Crippen LogP contribution < -0.4 is 20.7 Å². The summed E-state index contributed by atoms with van der Waals surface area (Å²) in [5.41, 5.74) is -0.0689. The van der Waals surface area contributed by atoms with Gasteiger partial charge in [-0.15, -0.1) is 0 Å². The molecule has 0 radical (unpaired) electrons. The van der Waals surface area contributed by atoms with Gasteiger partial charge in [-0.05, 0) is 71.9 Å². The van der Waals surface area contributed by atoms with Gasteiger partial charge in [-0.25, -0.2) is 23.4 Å². The monoisotopic (exact) mass is 630 g/mol. The molecule has 0 saturated carbocycles. The molecule has 0 bridgehead atoms. The van der Waals surface area contributed by atoms with Crippen LogP contribution in [-0.4, -0.2) is 71.7 Å². The summed E-state index contributed by atoms with van der Waals surface area (Å²) in [5, 5.41) is 8.30. The van der Waals surface area contributed by atoms with Gasteiger partial charge in [0, 0.05) is 36.7 Å². The van der Waals surface area contributed by atoms with Crippen LogP contribution in [0.25, 0.3) is 0 Å². The molecule has 0 fully saturated rings. The number of rotatable bonds is 12. The van der Waals surface area contributed by atoms with Crippen molar-refractivity contribution >= 4 is 41.0 Å². The van der Waals surface area contributed by atoms with Crippen molar-refractivity contribution in [1.29, 1.82) is 0 Å². The van der Waals surface area contributed by atoms with Gasteiger partial charge >= 0.3 is 12.2 Å². The molecule has 244 valence electrons. The summed E-state index contributed by atoms with van der Waals surface area (Å²) in [6.45, 7) is 11.5.